The number of rotatable bonds is 5. The fourth-order valence-corrected chi connectivity index (χ4v) is 4.00. The summed E-state index contributed by atoms with van der Waals surface area (Å²) in [5.41, 5.74) is 2.15. The van der Waals surface area contributed by atoms with Gasteiger partial charge in [-0.3, -0.25) is 4.79 Å². The van der Waals surface area contributed by atoms with Crippen LogP contribution in [0.3, 0.4) is 0 Å². The summed E-state index contributed by atoms with van der Waals surface area (Å²) < 4.78 is 10.8. The molecule has 2 aliphatic rings. The first-order chi connectivity index (χ1) is 14.5. The number of benzene rings is 2. The lowest BCUT2D eigenvalue weighted by Crippen LogP contribution is -2.45. The first kappa shape index (κ1) is 19.7. The summed E-state index contributed by atoms with van der Waals surface area (Å²) in [4.78, 5) is 24.6. The smallest absolute Gasteiger partial charge is 0.335 e. The fraction of sp³-hybridized carbons (Fsp3) is 0.261. The number of hydrazone groups is 1. The lowest BCUT2D eigenvalue weighted by Gasteiger charge is -2.37. The Kier molecular flexibility index (Phi) is 5.27. The lowest BCUT2D eigenvalue weighted by atomic mass is 9.76. The van der Waals surface area contributed by atoms with Gasteiger partial charge in [0, 0.05) is 11.5 Å². The van der Waals surface area contributed by atoms with E-state index in [1.807, 2.05) is 24.3 Å². The molecule has 154 valence electrons. The van der Waals surface area contributed by atoms with E-state index in [4.69, 9.17) is 14.6 Å². The van der Waals surface area contributed by atoms with Crippen molar-refractivity contribution in [2.75, 3.05) is 19.2 Å². The predicted molar refractivity (Wildman–Crippen MR) is 112 cm³/mol. The number of nitrogens with zero attached hydrogens (tertiary/aromatic N) is 2. The third-order valence-electron chi connectivity index (χ3n) is 5.53. The molecular formula is C23H22N2O5. The molecule has 0 aromatic heterocycles. The molecule has 0 radical (unpaired) electrons. The van der Waals surface area contributed by atoms with E-state index in [0.29, 0.717) is 30.0 Å². The molecule has 7 nitrogen and oxygen atoms in total. The van der Waals surface area contributed by atoms with Gasteiger partial charge >= 0.3 is 5.97 Å². The van der Waals surface area contributed by atoms with Gasteiger partial charge in [0.25, 0.3) is 5.91 Å². The van der Waals surface area contributed by atoms with Gasteiger partial charge in [-0.2, -0.15) is 5.10 Å². The van der Waals surface area contributed by atoms with Crippen molar-refractivity contribution in [3.05, 3.63) is 65.7 Å². The molecule has 2 aromatic rings. The minimum atomic E-state index is -1.05. The average Bonchev–Trinajstić information content (AvgIpc) is 2.79. The summed E-state index contributed by atoms with van der Waals surface area (Å²) in [5, 5.41) is 15.4. The third-order valence-corrected chi connectivity index (χ3v) is 5.53. The molecule has 1 heterocycles. The Hall–Kier alpha value is -3.61. The van der Waals surface area contributed by atoms with Gasteiger partial charge in [-0.1, -0.05) is 18.2 Å². The van der Waals surface area contributed by atoms with Crippen LogP contribution in [-0.2, 0) is 4.79 Å². The van der Waals surface area contributed by atoms with Crippen LogP contribution in [0.1, 0.15) is 28.8 Å². The molecule has 0 saturated heterocycles. The highest BCUT2D eigenvalue weighted by molar-refractivity contribution is 6.11. The van der Waals surface area contributed by atoms with Crippen LogP contribution in [-0.4, -0.2) is 36.9 Å². The highest BCUT2D eigenvalue weighted by Gasteiger charge is 2.40. The molecule has 2 atom stereocenters. The number of hydrogen-bond donors (Lipinski definition) is 1. The van der Waals surface area contributed by atoms with Gasteiger partial charge in [0.05, 0.1) is 37.1 Å². The first-order valence-electron chi connectivity index (χ1n) is 9.66. The quantitative estimate of drug-likeness (QED) is 0.765. The summed E-state index contributed by atoms with van der Waals surface area (Å²) in [6, 6.07) is 11.8. The zero-order valence-corrected chi connectivity index (χ0v) is 16.7. The van der Waals surface area contributed by atoms with Gasteiger partial charge in [-0.15, -0.1) is 0 Å². The van der Waals surface area contributed by atoms with Crippen LogP contribution in [0.2, 0.25) is 0 Å². The van der Waals surface area contributed by atoms with E-state index >= 15 is 0 Å². The molecule has 30 heavy (non-hydrogen) atoms. The maximum absolute atomic E-state index is 13.2. The number of aromatic carboxylic acids is 1. The van der Waals surface area contributed by atoms with E-state index in [9.17, 15) is 14.7 Å². The van der Waals surface area contributed by atoms with Crippen molar-refractivity contribution < 1.29 is 24.2 Å². The molecule has 0 unspecified atom stereocenters. The van der Waals surface area contributed by atoms with Gasteiger partial charge in [0.15, 0.2) is 11.5 Å². The molecule has 1 N–H and O–H groups in total. The van der Waals surface area contributed by atoms with Crippen LogP contribution in [0.4, 0.5) is 5.69 Å². The summed E-state index contributed by atoms with van der Waals surface area (Å²) >= 11 is 0. The molecular weight excluding hydrogens is 384 g/mol. The zero-order chi connectivity index (χ0) is 21.3. The van der Waals surface area contributed by atoms with Gasteiger partial charge in [0.2, 0.25) is 0 Å². The van der Waals surface area contributed by atoms with E-state index in [2.05, 4.69) is 6.08 Å². The topological polar surface area (TPSA) is 88.4 Å². The number of ether oxygens (including phenoxy) is 2. The molecule has 4 rings (SSSR count). The van der Waals surface area contributed by atoms with Crippen LogP contribution < -0.4 is 14.5 Å². The Morgan fingerprint density at radius 3 is 2.47 bits per heavy atom. The second-order valence-electron chi connectivity index (χ2n) is 7.22. The van der Waals surface area contributed by atoms with Crippen LogP contribution in [0.5, 0.6) is 11.5 Å². The number of carbonyl (C=O) groups excluding carboxylic acids is 1. The van der Waals surface area contributed by atoms with E-state index in [0.717, 1.165) is 11.3 Å². The van der Waals surface area contributed by atoms with Gasteiger partial charge in [-0.25, -0.2) is 9.80 Å². The van der Waals surface area contributed by atoms with Crippen molar-refractivity contribution in [3.8, 4) is 11.5 Å². The summed E-state index contributed by atoms with van der Waals surface area (Å²) in [5.74, 6) is -0.305. The van der Waals surface area contributed by atoms with Gasteiger partial charge in [0.1, 0.15) is 0 Å². The molecule has 0 spiro atoms. The van der Waals surface area contributed by atoms with Crippen LogP contribution in [0, 0.1) is 11.8 Å². The lowest BCUT2D eigenvalue weighted by molar-refractivity contribution is -0.123. The van der Waals surface area contributed by atoms with E-state index in [1.54, 1.807) is 26.4 Å². The third kappa shape index (κ3) is 3.43. The molecule has 0 saturated carbocycles. The van der Waals surface area contributed by atoms with Crippen LogP contribution >= 0.6 is 0 Å². The number of carbonyl (C=O) groups is 2. The largest absolute Gasteiger partial charge is 0.493 e. The Morgan fingerprint density at radius 2 is 1.77 bits per heavy atom. The van der Waals surface area contributed by atoms with Crippen molar-refractivity contribution in [1.82, 2.24) is 0 Å². The molecule has 7 heteroatoms. The fourth-order valence-electron chi connectivity index (χ4n) is 4.00. The standard InChI is InChI=1S/C23H22N2O5/c1-29-19-11-10-14(13-20(19)30-2)21-17-8-3-4-9-18(17)22(26)25(24-21)16-7-5-6-15(12-16)23(27)28/h3-7,10-13,17-18H,8-9H2,1-2H3,(H,27,28)/t17-,18+/m0/s1. The summed E-state index contributed by atoms with van der Waals surface area (Å²) in [6.45, 7) is 0. The average molecular weight is 406 g/mol. The second kappa shape index (κ2) is 8.02. The Morgan fingerprint density at radius 1 is 1.03 bits per heavy atom. The number of anilines is 1. The minimum absolute atomic E-state index is 0.0560. The SMILES string of the molecule is COc1ccc(C2=NN(c3cccc(C(=O)O)c3)C(=O)[C@@H]3CC=CC[C@H]23)cc1OC. The normalized spacial score (nSPS) is 20.4. The van der Waals surface area contributed by atoms with Crippen molar-refractivity contribution in [2.45, 2.75) is 12.8 Å². The number of carboxylic acids is 1. The molecule has 0 fully saturated rings. The number of methoxy groups -OCH3 is 2. The number of hydrogen-bond acceptors (Lipinski definition) is 5. The number of allylic oxidation sites excluding steroid dienone is 2. The maximum Gasteiger partial charge on any atom is 0.335 e. The zero-order valence-electron chi connectivity index (χ0n) is 16.7. The minimum Gasteiger partial charge on any atom is -0.493 e. The van der Waals surface area contributed by atoms with Crippen molar-refractivity contribution >= 4 is 23.3 Å². The van der Waals surface area contributed by atoms with E-state index < -0.39 is 5.97 Å². The Labute approximate surface area is 174 Å². The Bertz CT molecular complexity index is 1060. The summed E-state index contributed by atoms with van der Waals surface area (Å²) in [6.07, 6.45) is 5.42. The maximum atomic E-state index is 13.2. The Balaban J connectivity index is 1.83. The van der Waals surface area contributed by atoms with Gasteiger partial charge in [-0.05, 0) is 49.2 Å². The van der Waals surface area contributed by atoms with Crippen molar-refractivity contribution in [3.63, 3.8) is 0 Å². The predicted octanol–water partition coefficient (Wildman–Crippen LogP) is 3.74. The van der Waals surface area contributed by atoms with Crippen molar-refractivity contribution in [2.24, 2.45) is 16.9 Å². The summed E-state index contributed by atoms with van der Waals surface area (Å²) in [7, 11) is 3.15. The van der Waals surface area contributed by atoms with Crippen LogP contribution in [0.25, 0.3) is 0 Å². The molecule has 1 aliphatic carbocycles. The molecule has 0 bridgehead atoms. The molecule has 2 aromatic carbocycles. The molecule has 1 amide bonds. The van der Waals surface area contributed by atoms with Gasteiger partial charge < -0.3 is 14.6 Å². The number of amides is 1. The highest BCUT2D eigenvalue weighted by atomic mass is 16.5. The van der Waals surface area contributed by atoms with Crippen molar-refractivity contribution in [1.29, 1.82) is 0 Å². The second-order valence-corrected chi connectivity index (χ2v) is 7.22. The number of carboxylic acid groups (broad SMARTS) is 1. The van der Waals surface area contributed by atoms with E-state index in [-0.39, 0.29) is 23.3 Å². The molecule has 1 aliphatic heterocycles. The van der Waals surface area contributed by atoms with Crippen LogP contribution in [0.15, 0.2) is 59.7 Å². The first-order valence-corrected chi connectivity index (χ1v) is 9.66. The monoisotopic (exact) mass is 406 g/mol. The highest BCUT2D eigenvalue weighted by Crippen LogP contribution is 2.38. The van der Waals surface area contributed by atoms with E-state index in [1.165, 1.54) is 17.1 Å². The number of fused-ring (bicyclic) bond motifs is 1.